The fraction of sp³-hybridized carbons (Fsp3) is 0.429. The molecule has 0 aliphatic carbocycles. The SMILES string of the molecule is Cl.OC1CNCc2sccc21. The topological polar surface area (TPSA) is 32.3 Å². The van der Waals surface area contributed by atoms with Crippen LogP contribution in [-0.4, -0.2) is 11.7 Å². The molecule has 0 bridgehead atoms. The first-order chi connectivity index (χ1) is 4.88. The summed E-state index contributed by atoms with van der Waals surface area (Å²) in [6, 6.07) is 2.01. The zero-order chi connectivity index (χ0) is 6.97. The third kappa shape index (κ3) is 1.56. The molecule has 1 aliphatic rings. The summed E-state index contributed by atoms with van der Waals surface area (Å²) in [4.78, 5) is 1.28. The third-order valence-electron chi connectivity index (χ3n) is 1.76. The lowest BCUT2D eigenvalue weighted by molar-refractivity contribution is 0.166. The summed E-state index contributed by atoms with van der Waals surface area (Å²) >= 11 is 1.71. The average Bonchev–Trinajstić information content (AvgIpc) is 2.36. The van der Waals surface area contributed by atoms with Gasteiger partial charge in [0.1, 0.15) is 0 Å². The summed E-state index contributed by atoms with van der Waals surface area (Å²) in [6.07, 6.45) is -0.282. The molecule has 0 fully saturated rings. The predicted molar refractivity (Wildman–Crippen MR) is 48.2 cm³/mol. The first kappa shape index (κ1) is 9.00. The average molecular weight is 192 g/mol. The van der Waals surface area contributed by atoms with Gasteiger partial charge in [-0.05, 0) is 17.0 Å². The van der Waals surface area contributed by atoms with E-state index < -0.39 is 0 Å². The normalized spacial score (nSPS) is 22.1. The van der Waals surface area contributed by atoms with Gasteiger partial charge in [-0.15, -0.1) is 23.7 Å². The first-order valence-electron chi connectivity index (χ1n) is 3.33. The molecule has 4 heteroatoms. The Labute approximate surface area is 75.7 Å². The van der Waals surface area contributed by atoms with Crippen molar-refractivity contribution < 1.29 is 5.11 Å². The van der Waals surface area contributed by atoms with Crippen LogP contribution in [0.4, 0.5) is 0 Å². The highest BCUT2D eigenvalue weighted by Gasteiger charge is 2.17. The van der Waals surface area contributed by atoms with Gasteiger partial charge < -0.3 is 10.4 Å². The van der Waals surface area contributed by atoms with Crippen LogP contribution in [0.25, 0.3) is 0 Å². The van der Waals surface area contributed by atoms with Crippen molar-refractivity contribution in [3.8, 4) is 0 Å². The molecular weight excluding hydrogens is 182 g/mol. The Morgan fingerprint density at radius 1 is 1.64 bits per heavy atom. The van der Waals surface area contributed by atoms with Crippen molar-refractivity contribution in [1.82, 2.24) is 5.32 Å². The molecule has 1 aliphatic heterocycles. The van der Waals surface area contributed by atoms with E-state index in [9.17, 15) is 5.11 Å². The predicted octanol–water partition coefficient (Wildman–Crippen LogP) is 1.31. The van der Waals surface area contributed by atoms with Gasteiger partial charge >= 0.3 is 0 Å². The van der Waals surface area contributed by atoms with Crippen LogP contribution in [0, 0.1) is 0 Å². The lowest BCUT2D eigenvalue weighted by Crippen LogP contribution is -2.26. The summed E-state index contributed by atoms with van der Waals surface area (Å²) in [6.45, 7) is 1.62. The minimum atomic E-state index is -0.282. The zero-order valence-corrected chi connectivity index (χ0v) is 7.54. The van der Waals surface area contributed by atoms with Crippen molar-refractivity contribution in [2.45, 2.75) is 12.6 Å². The van der Waals surface area contributed by atoms with E-state index >= 15 is 0 Å². The van der Waals surface area contributed by atoms with Gasteiger partial charge in [-0.2, -0.15) is 0 Å². The summed E-state index contributed by atoms with van der Waals surface area (Å²) < 4.78 is 0. The lowest BCUT2D eigenvalue weighted by atomic mass is 10.1. The van der Waals surface area contributed by atoms with Gasteiger partial charge in [0.2, 0.25) is 0 Å². The molecule has 1 atom stereocenters. The maximum absolute atomic E-state index is 9.39. The molecular formula is C7H10ClNOS. The molecule has 62 valence electrons. The van der Waals surface area contributed by atoms with Crippen LogP contribution in [0.1, 0.15) is 16.5 Å². The number of thiophene rings is 1. The number of rotatable bonds is 0. The van der Waals surface area contributed by atoms with E-state index in [1.807, 2.05) is 11.4 Å². The lowest BCUT2D eigenvalue weighted by Gasteiger charge is -2.18. The summed E-state index contributed by atoms with van der Waals surface area (Å²) in [7, 11) is 0. The summed E-state index contributed by atoms with van der Waals surface area (Å²) in [5.41, 5.74) is 1.11. The molecule has 0 amide bonds. The number of hydrogen-bond donors (Lipinski definition) is 2. The number of nitrogens with one attached hydrogen (secondary N) is 1. The molecule has 0 saturated heterocycles. The molecule has 11 heavy (non-hydrogen) atoms. The highest BCUT2D eigenvalue weighted by atomic mass is 35.5. The van der Waals surface area contributed by atoms with Crippen molar-refractivity contribution >= 4 is 23.7 Å². The highest BCUT2D eigenvalue weighted by Crippen LogP contribution is 2.25. The first-order valence-corrected chi connectivity index (χ1v) is 4.21. The van der Waals surface area contributed by atoms with Crippen LogP contribution in [0.15, 0.2) is 11.4 Å². The van der Waals surface area contributed by atoms with Crippen LogP contribution >= 0.6 is 23.7 Å². The van der Waals surface area contributed by atoms with E-state index in [1.54, 1.807) is 11.3 Å². The summed E-state index contributed by atoms with van der Waals surface area (Å²) in [5.74, 6) is 0. The van der Waals surface area contributed by atoms with E-state index in [0.29, 0.717) is 6.54 Å². The number of hydrogen-bond acceptors (Lipinski definition) is 3. The second-order valence-corrected chi connectivity index (χ2v) is 3.45. The quantitative estimate of drug-likeness (QED) is 0.648. The van der Waals surface area contributed by atoms with E-state index in [-0.39, 0.29) is 18.5 Å². The van der Waals surface area contributed by atoms with Crippen LogP contribution < -0.4 is 5.32 Å². The fourth-order valence-corrected chi connectivity index (χ4v) is 2.13. The van der Waals surface area contributed by atoms with Crippen molar-refractivity contribution in [3.05, 3.63) is 21.9 Å². The van der Waals surface area contributed by atoms with E-state index in [0.717, 1.165) is 12.1 Å². The molecule has 0 saturated carbocycles. The number of fused-ring (bicyclic) bond motifs is 1. The Hall–Kier alpha value is -0.0900. The Morgan fingerprint density at radius 2 is 2.45 bits per heavy atom. The molecule has 2 heterocycles. The maximum Gasteiger partial charge on any atom is 0.0925 e. The van der Waals surface area contributed by atoms with Gasteiger partial charge in [-0.1, -0.05) is 0 Å². The second kappa shape index (κ2) is 3.54. The number of aliphatic hydroxyl groups is 1. The molecule has 0 radical (unpaired) electrons. The molecule has 2 N–H and O–H groups in total. The minimum absolute atomic E-state index is 0. The second-order valence-electron chi connectivity index (χ2n) is 2.45. The fourth-order valence-electron chi connectivity index (χ4n) is 1.22. The molecule has 0 aromatic carbocycles. The van der Waals surface area contributed by atoms with Crippen molar-refractivity contribution in [2.24, 2.45) is 0 Å². The third-order valence-corrected chi connectivity index (χ3v) is 2.70. The van der Waals surface area contributed by atoms with E-state index in [1.165, 1.54) is 4.88 Å². The van der Waals surface area contributed by atoms with E-state index in [2.05, 4.69) is 5.32 Å². The van der Waals surface area contributed by atoms with Crippen molar-refractivity contribution in [3.63, 3.8) is 0 Å². The number of halogens is 1. The molecule has 2 nitrogen and oxygen atoms in total. The number of aliphatic hydroxyl groups excluding tert-OH is 1. The molecule has 1 aromatic rings. The van der Waals surface area contributed by atoms with Gasteiger partial charge in [-0.3, -0.25) is 0 Å². The van der Waals surface area contributed by atoms with Crippen LogP contribution in [0.3, 0.4) is 0 Å². The van der Waals surface area contributed by atoms with Gasteiger partial charge in [-0.25, -0.2) is 0 Å². The molecule has 1 unspecified atom stereocenters. The Bertz CT molecular complexity index is 238. The maximum atomic E-state index is 9.39. The van der Waals surface area contributed by atoms with Crippen molar-refractivity contribution in [1.29, 1.82) is 0 Å². The smallest absolute Gasteiger partial charge is 0.0925 e. The highest BCUT2D eigenvalue weighted by molar-refractivity contribution is 7.10. The minimum Gasteiger partial charge on any atom is -0.387 e. The van der Waals surface area contributed by atoms with Crippen LogP contribution in [0.5, 0.6) is 0 Å². The standard InChI is InChI=1S/C7H9NOS.ClH/c9-6-3-8-4-7-5(6)1-2-10-7;/h1-2,6,8-9H,3-4H2;1H. The molecule has 2 rings (SSSR count). The zero-order valence-electron chi connectivity index (χ0n) is 5.91. The van der Waals surface area contributed by atoms with Crippen LogP contribution in [-0.2, 0) is 6.54 Å². The van der Waals surface area contributed by atoms with E-state index in [4.69, 9.17) is 0 Å². The van der Waals surface area contributed by atoms with Gasteiger partial charge in [0.15, 0.2) is 0 Å². The van der Waals surface area contributed by atoms with Gasteiger partial charge in [0.05, 0.1) is 6.10 Å². The monoisotopic (exact) mass is 191 g/mol. The Balaban J connectivity index is 0.000000605. The van der Waals surface area contributed by atoms with Gasteiger partial charge in [0, 0.05) is 18.0 Å². The van der Waals surface area contributed by atoms with Crippen LogP contribution in [0.2, 0.25) is 0 Å². The number of β-amino-alcohol motifs (C(OH)–C–C–N with tert-alkyl or cyclic N) is 1. The van der Waals surface area contributed by atoms with Gasteiger partial charge in [0.25, 0.3) is 0 Å². The van der Waals surface area contributed by atoms with Crippen molar-refractivity contribution in [2.75, 3.05) is 6.54 Å². The summed E-state index contributed by atoms with van der Waals surface area (Å²) in [5, 5.41) is 14.6. The molecule has 1 aromatic heterocycles. The largest absolute Gasteiger partial charge is 0.387 e. The Morgan fingerprint density at radius 3 is 3.18 bits per heavy atom. The molecule has 0 spiro atoms. The Kier molecular flexibility index (Phi) is 2.90.